The van der Waals surface area contributed by atoms with Gasteiger partial charge in [0.2, 0.25) is 0 Å². The number of benzene rings is 2. The van der Waals surface area contributed by atoms with Crippen LogP contribution >= 0.6 is 0 Å². The first-order valence-electron chi connectivity index (χ1n) is 11.7. The van der Waals surface area contributed by atoms with E-state index in [0.717, 1.165) is 0 Å². The lowest BCUT2D eigenvalue weighted by molar-refractivity contribution is -0.145. The Morgan fingerprint density at radius 1 is 0.973 bits per heavy atom. The summed E-state index contributed by atoms with van der Waals surface area (Å²) in [5.74, 6) is -2.62. The van der Waals surface area contributed by atoms with E-state index in [1.54, 1.807) is 14.0 Å². The fourth-order valence-electron chi connectivity index (χ4n) is 4.95. The number of likely N-dealkylation sites (N-methyl/N-ethyl adjacent to an activating group) is 1. The number of halogens is 7. The smallest absolute Gasteiger partial charge is 0.416 e. The van der Waals surface area contributed by atoms with Crippen molar-refractivity contribution in [3.8, 4) is 0 Å². The number of hydrogen-bond acceptors (Lipinski definition) is 3. The normalized spacial score (nSPS) is 21.9. The van der Waals surface area contributed by atoms with Crippen LogP contribution in [-0.2, 0) is 21.9 Å². The zero-order chi connectivity index (χ0) is 27.7. The Hall–Kier alpha value is -2.66. The zero-order valence-corrected chi connectivity index (χ0v) is 20.4. The zero-order valence-electron chi connectivity index (χ0n) is 20.4. The van der Waals surface area contributed by atoms with Gasteiger partial charge in [0.1, 0.15) is 5.82 Å². The minimum absolute atomic E-state index is 0.0595. The molecule has 1 heterocycles. The number of aliphatic carboxylic acids is 1. The van der Waals surface area contributed by atoms with Crippen LogP contribution < -0.4 is 0 Å². The molecule has 0 amide bonds. The summed E-state index contributed by atoms with van der Waals surface area (Å²) >= 11 is 0. The Labute approximate surface area is 210 Å². The van der Waals surface area contributed by atoms with Crippen LogP contribution in [0, 0.1) is 11.7 Å². The molecule has 1 saturated heterocycles. The number of alkyl halides is 6. The molecule has 37 heavy (non-hydrogen) atoms. The summed E-state index contributed by atoms with van der Waals surface area (Å²) in [6.07, 6.45) is -11.2. The molecule has 4 nitrogen and oxygen atoms in total. The van der Waals surface area contributed by atoms with Gasteiger partial charge in [-0.15, -0.1) is 0 Å². The van der Waals surface area contributed by atoms with E-state index in [2.05, 4.69) is 0 Å². The van der Waals surface area contributed by atoms with Crippen LogP contribution in [0.1, 0.15) is 61.0 Å². The van der Waals surface area contributed by atoms with Crippen molar-refractivity contribution < 1.29 is 45.4 Å². The highest BCUT2D eigenvalue weighted by Gasteiger charge is 2.40. The third kappa shape index (κ3) is 7.01. The summed E-state index contributed by atoms with van der Waals surface area (Å²) < 4.78 is 99.7. The largest absolute Gasteiger partial charge is 0.481 e. The molecule has 0 radical (unpaired) electrons. The second-order valence-electron chi connectivity index (χ2n) is 9.51. The van der Waals surface area contributed by atoms with E-state index in [4.69, 9.17) is 4.74 Å². The molecule has 0 spiro atoms. The Balaban J connectivity index is 1.97. The monoisotopic (exact) mass is 535 g/mol. The fraction of sp³-hybridized carbons (Fsp3) is 0.500. The first kappa shape index (κ1) is 28.9. The van der Waals surface area contributed by atoms with Crippen molar-refractivity contribution >= 4 is 5.97 Å². The number of ether oxygens (including phenoxy) is 1. The maximum absolute atomic E-state index is 13.6. The van der Waals surface area contributed by atoms with Crippen LogP contribution in [-0.4, -0.2) is 41.7 Å². The van der Waals surface area contributed by atoms with E-state index in [1.165, 1.54) is 31.2 Å². The summed E-state index contributed by atoms with van der Waals surface area (Å²) in [7, 11) is 1.80. The van der Waals surface area contributed by atoms with Gasteiger partial charge in [-0.05, 0) is 81.7 Å². The Kier molecular flexibility index (Phi) is 8.58. The maximum atomic E-state index is 13.6. The lowest BCUT2D eigenvalue weighted by Gasteiger charge is -2.43. The first-order valence-corrected chi connectivity index (χ1v) is 11.7. The summed E-state index contributed by atoms with van der Waals surface area (Å²) in [5, 5.41) is 9.56. The molecule has 3 rings (SSSR count). The molecular formula is C26H28F7NO3. The van der Waals surface area contributed by atoms with Gasteiger partial charge in [0, 0.05) is 12.0 Å². The third-order valence-corrected chi connectivity index (χ3v) is 6.95. The number of rotatable bonds is 7. The predicted octanol–water partition coefficient (Wildman–Crippen LogP) is 6.91. The molecule has 1 aliphatic rings. The molecular weight excluding hydrogens is 507 g/mol. The molecule has 1 fully saturated rings. The molecule has 0 aliphatic carbocycles. The highest BCUT2D eigenvalue weighted by atomic mass is 19.4. The quantitative estimate of drug-likeness (QED) is 0.392. The van der Waals surface area contributed by atoms with E-state index in [1.807, 2.05) is 4.90 Å². The number of hydrogen-bond donors (Lipinski definition) is 1. The lowest BCUT2D eigenvalue weighted by atomic mass is 9.78. The Morgan fingerprint density at radius 2 is 1.51 bits per heavy atom. The molecule has 11 heteroatoms. The molecule has 1 unspecified atom stereocenters. The van der Waals surface area contributed by atoms with E-state index in [0.29, 0.717) is 30.7 Å². The van der Waals surface area contributed by atoms with Crippen molar-refractivity contribution in [1.29, 1.82) is 0 Å². The molecule has 2 aromatic rings. The van der Waals surface area contributed by atoms with Crippen molar-refractivity contribution in [3.05, 3.63) is 70.5 Å². The van der Waals surface area contributed by atoms with E-state index in [9.17, 15) is 40.6 Å². The van der Waals surface area contributed by atoms with Gasteiger partial charge >= 0.3 is 18.3 Å². The van der Waals surface area contributed by atoms with Gasteiger partial charge in [0.25, 0.3) is 0 Å². The molecule has 0 bridgehead atoms. The minimum Gasteiger partial charge on any atom is -0.481 e. The molecule has 2 aromatic carbocycles. The second-order valence-corrected chi connectivity index (χ2v) is 9.51. The van der Waals surface area contributed by atoms with Crippen molar-refractivity contribution in [3.63, 3.8) is 0 Å². The van der Waals surface area contributed by atoms with Crippen LogP contribution in [0.3, 0.4) is 0 Å². The van der Waals surface area contributed by atoms with Gasteiger partial charge in [0.15, 0.2) is 0 Å². The van der Waals surface area contributed by atoms with Crippen molar-refractivity contribution in [2.75, 3.05) is 13.6 Å². The molecule has 5 atom stereocenters. The lowest BCUT2D eigenvalue weighted by Crippen LogP contribution is -2.48. The first-order chi connectivity index (χ1) is 17.1. The molecule has 1 aliphatic heterocycles. The average Bonchev–Trinajstić information content (AvgIpc) is 2.80. The van der Waals surface area contributed by atoms with Gasteiger partial charge in [0.05, 0.1) is 29.3 Å². The number of piperidine rings is 1. The number of carbonyl (C=O) groups is 1. The molecule has 0 aromatic heterocycles. The van der Waals surface area contributed by atoms with Gasteiger partial charge in [-0.1, -0.05) is 12.1 Å². The Bertz CT molecular complexity index is 1050. The predicted molar refractivity (Wildman–Crippen MR) is 121 cm³/mol. The second kappa shape index (κ2) is 11.0. The maximum Gasteiger partial charge on any atom is 0.416 e. The highest BCUT2D eigenvalue weighted by molar-refractivity contribution is 5.70. The fourth-order valence-corrected chi connectivity index (χ4v) is 4.95. The van der Waals surface area contributed by atoms with Crippen LogP contribution in [0.5, 0.6) is 0 Å². The summed E-state index contributed by atoms with van der Waals surface area (Å²) in [6.45, 7) is 3.45. The van der Waals surface area contributed by atoms with E-state index >= 15 is 0 Å². The van der Waals surface area contributed by atoms with E-state index < -0.39 is 59.3 Å². The molecule has 1 N–H and O–H groups in total. The molecule has 204 valence electrons. The number of likely N-dealkylation sites (tertiary alicyclic amines) is 1. The number of carboxylic acids is 1. The minimum atomic E-state index is -4.99. The van der Waals surface area contributed by atoms with Crippen molar-refractivity contribution in [1.82, 2.24) is 4.90 Å². The topological polar surface area (TPSA) is 49.8 Å². The molecule has 0 saturated carbocycles. The summed E-state index contributed by atoms with van der Waals surface area (Å²) in [5.41, 5.74) is -2.56. The average molecular weight is 536 g/mol. The van der Waals surface area contributed by atoms with Gasteiger partial charge in [-0.2, -0.15) is 26.3 Å². The number of carboxylic acid groups (broad SMARTS) is 1. The summed E-state index contributed by atoms with van der Waals surface area (Å²) in [6, 6.07) is 6.46. The third-order valence-electron chi connectivity index (χ3n) is 6.95. The van der Waals surface area contributed by atoms with Crippen molar-refractivity contribution in [2.24, 2.45) is 5.92 Å². The van der Waals surface area contributed by atoms with Gasteiger partial charge < -0.3 is 14.7 Å². The standard InChI is InChI=1S/C26H28F7NO3/c1-14(18-10-19(25(28,29)30)13-20(11-18)26(31,32)33)37-15(2)23(16-4-6-21(27)7-5-16)22-12-17(24(35)36)8-9-34(22)3/h4-7,10-11,13-15,17,22-23H,8-9,12H2,1-3H3,(H,35,36)/t14-,15+,17?,22+,23+/m1/s1. The van der Waals surface area contributed by atoms with Crippen LogP contribution in [0.25, 0.3) is 0 Å². The van der Waals surface area contributed by atoms with Crippen LogP contribution in [0.2, 0.25) is 0 Å². The van der Waals surface area contributed by atoms with E-state index in [-0.39, 0.29) is 24.1 Å². The van der Waals surface area contributed by atoms with Crippen molar-refractivity contribution in [2.45, 2.75) is 63.2 Å². The number of nitrogens with zero attached hydrogens (tertiary/aromatic N) is 1. The SMILES string of the molecule is C[C@H](O[C@H](C)c1cc(C(F)(F)F)cc(C(F)(F)F)c1)[C@@H](c1ccc(F)cc1)[C@@H]1CC(C(=O)O)CCN1C. The van der Waals surface area contributed by atoms with Crippen LogP contribution in [0.15, 0.2) is 42.5 Å². The van der Waals surface area contributed by atoms with Gasteiger partial charge in [-0.3, -0.25) is 4.79 Å². The van der Waals surface area contributed by atoms with Crippen LogP contribution in [0.4, 0.5) is 30.7 Å². The summed E-state index contributed by atoms with van der Waals surface area (Å²) in [4.78, 5) is 13.6. The Morgan fingerprint density at radius 3 is 2.00 bits per heavy atom. The van der Waals surface area contributed by atoms with Gasteiger partial charge in [-0.25, -0.2) is 4.39 Å². The highest BCUT2D eigenvalue weighted by Crippen LogP contribution is 2.40.